The van der Waals surface area contributed by atoms with E-state index < -0.39 is 0 Å². The first-order chi connectivity index (χ1) is 6.72. The van der Waals surface area contributed by atoms with Crippen molar-refractivity contribution >= 4 is 39.8 Å². The molecule has 0 fully saturated rings. The molecule has 4 heteroatoms. The Hall–Kier alpha value is -0.730. The summed E-state index contributed by atoms with van der Waals surface area (Å²) in [4.78, 5) is 4.21. The first-order valence-electron chi connectivity index (χ1n) is 3.97. The fraction of sp³-hybridized carbons (Fsp3) is 0.100. The Morgan fingerprint density at radius 2 is 2.36 bits per heavy atom. The molecule has 0 amide bonds. The van der Waals surface area contributed by atoms with Crippen molar-refractivity contribution in [2.75, 3.05) is 0 Å². The van der Waals surface area contributed by atoms with Gasteiger partial charge in [0, 0.05) is 39.9 Å². The molecule has 0 unspecified atom stereocenters. The van der Waals surface area contributed by atoms with Gasteiger partial charge in [-0.2, -0.15) is 0 Å². The summed E-state index contributed by atoms with van der Waals surface area (Å²) in [7, 11) is 0. The van der Waals surface area contributed by atoms with Crippen LogP contribution < -0.4 is 0 Å². The Morgan fingerprint density at radius 1 is 1.57 bits per heavy atom. The fourth-order valence-corrected chi connectivity index (χ4v) is 1.66. The topological polar surface area (TPSA) is 17.3 Å². The zero-order chi connectivity index (χ0) is 10.1. The van der Waals surface area contributed by atoms with Crippen molar-refractivity contribution in [3.05, 3.63) is 34.7 Å². The van der Waals surface area contributed by atoms with Crippen molar-refractivity contribution in [3.8, 4) is 9.85 Å². The summed E-state index contributed by atoms with van der Waals surface area (Å²) in [5.41, 5.74) is 2.73. The van der Waals surface area contributed by atoms with E-state index in [0.29, 0.717) is 0 Å². The summed E-state index contributed by atoms with van der Waals surface area (Å²) in [6.07, 6.45) is 3.69. The highest BCUT2D eigenvalue weighted by Crippen LogP contribution is 2.17. The number of hydrogen-bond acceptors (Lipinski definition) is 1. The maximum Gasteiger partial charge on any atom is 0.139 e. The van der Waals surface area contributed by atoms with Crippen LogP contribution in [0, 0.1) is 16.8 Å². The van der Waals surface area contributed by atoms with Crippen LogP contribution >= 0.6 is 34.2 Å². The minimum absolute atomic E-state index is 0.733. The molecule has 0 saturated carbocycles. The number of hydrogen-bond donors (Lipinski definition) is 0. The first-order valence-corrected chi connectivity index (χ1v) is 5.43. The van der Waals surface area contributed by atoms with Crippen LogP contribution in [0.3, 0.4) is 0 Å². The molecule has 0 saturated heterocycles. The Kier molecular flexibility index (Phi) is 2.66. The molecular formula is C10H6ClIN2. The molecule has 0 N–H and O–H groups in total. The van der Waals surface area contributed by atoms with Gasteiger partial charge < -0.3 is 0 Å². The second-order valence-corrected chi connectivity index (χ2v) is 3.84. The normalized spacial score (nSPS) is 9.93. The first kappa shape index (κ1) is 9.81. The quantitative estimate of drug-likeness (QED) is 0.539. The highest BCUT2D eigenvalue weighted by atomic mass is 127. The Morgan fingerprint density at radius 3 is 3.07 bits per heavy atom. The van der Waals surface area contributed by atoms with Crippen molar-refractivity contribution in [2.45, 2.75) is 6.92 Å². The molecule has 0 radical (unpaired) electrons. The zero-order valence-corrected chi connectivity index (χ0v) is 10.3. The van der Waals surface area contributed by atoms with E-state index in [2.05, 4.69) is 14.8 Å². The SMILES string of the molecule is Cc1cn2c(C#CI)cnc2cc1Cl. The van der Waals surface area contributed by atoms with Crippen LogP contribution in [-0.4, -0.2) is 9.38 Å². The fourth-order valence-electron chi connectivity index (χ4n) is 1.24. The Labute approximate surface area is 100 Å². The van der Waals surface area contributed by atoms with Gasteiger partial charge in [0.15, 0.2) is 0 Å². The highest BCUT2D eigenvalue weighted by molar-refractivity contribution is 14.1. The van der Waals surface area contributed by atoms with Crippen LogP contribution in [0.1, 0.15) is 11.3 Å². The number of pyridine rings is 1. The number of rotatable bonds is 0. The molecule has 0 bridgehead atoms. The molecular weight excluding hydrogens is 310 g/mol. The van der Waals surface area contributed by atoms with Gasteiger partial charge in [0.1, 0.15) is 11.3 Å². The summed E-state index contributed by atoms with van der Waals surface area (Å²) in [5.74, 6) is 2.97. The monoisotopic (exact) mass is 316 g/mol. The molecule has 0 aliphatic rings. The molecule has 2 aromatic heterocycles. The predicted molar refractivity (Wildman–Crippen MR) is 65.8 cm³/mol. The van der Waals surface area contributed by atoms with Gasteiger partial charge in [0.25, 0.3) is 0 Å². The van der Waals surface area contributed by atoms with Crippen LogP contribution in [0.15, 0.2) is 18.5 Å². The lowest BCUT2D eigenvalue weighted by molar-refractivity contribution is 1.14. The third-order valence-corrected chi connectivity index (χ3v) is 2.63. The van der Waals surface area contributed by atoms with E-state index in [1.165, 1.54) is 0 Å². The zero-order valence-electron chi connectivity index (χ0n) is 7.38. The average molecular weight is 317 g/mol. The second kappa shape index (κ2) is 3.79. The van der Waals surface area contributed by atoms with Gasteiger partial charge in [-0.25, -0.2) is 4.98 Å². The van der Waals surface area contributed by atoms with Gasteiger partial charge in [-0.05, 0) is 22.3 Å². The molecule has 2 nitrogen and oxygen atoms in total. The van der Waals surface area contributed by atoms with Crippen molar-refractivity contribution in [1.29, 1.82) is 0 Å². The van der Waals surface area contributed by atoms with Gasteiger partial charge in [-0.15, -0.1) is 0 Å². The summed E-state index contributed by atoms with van der Waals surface area (Å²) in [6, 6.07) is 1.84. The third-order valence-electron chi connectivity index (χ3n) is 1.96. The number of halogens is 2. The molecule has 0 aromatic carbocycles. The lowest BCUT2D eigenvalue weighted by Gasteiger charge is -1.99. The Bertz CT molecular complexity index is 548. The Balaban J connectivity index is 2.78. The van der Waals surface area contributed by atoms with Crippen molar-refractivity contribution in [1.82, 2.24) is 9.38 Å². The number of aromatic nitrogens is 2. The molecule has 0 aliphatic carbocycles. The maximum absolute atomic E-state index is 5.98. The van der Waals surface area contributed by atoms with Gasteiger partial charge >= 0.3 is 0 Å². The molecule has 2 rings (SSSR count). The summed E-state index contributed by atoms with van der Waals surface area (Å²) >= 11 is 7.99. The largest absolute Gasteiger partial charge is 0.293 e. The van der Waals surface area contributed by atoms with Crippen LogP contribution in [0.2, 0.25) is 5.02 Å². The minimum atomic E-state index is 0.733. The third kappa shape index (κ3) is 1.60. The standard InChI is InChI=1S/C10H6ClIN2/c1-7-6-14-8(2-3-12)5-13-10(14)4-9(7)11/h4-6H,1H3. The maximum atomic E-state index is 5.98. The van der Waals surface area contributed by atoms with Crippen LogP contribution in [0.25, 0.3) is 5.65 Å². The van der Waals surface area contributed by atoms with Crippen molar-refractivity contribution < 1.29 is 0 Å². The van der Waals surface area contributed by atoms with Crippen LogP contribution in [-0.2, 0) is 0 Å². The van der Waals surface area contributed by atoms with E-state index >= 15 is 0 Å². The molecule has 0 atom stereocenters. The molecule has 2 aromatic rings. The van der Waals surface area contributed by atoms with Crippen LogP contribution in [0.5, 0.6) is 0 Å². The molecule has 0 aliphatic heterocycles. The van der Waals surface area contributed by atoms with E-state index in [-0.39, 0.29) is 0 Å². The van der Waals surface area contributed by atoms with Crippen molar-refractivity contribution in [2.24, 2.45) is 0 Å². The second-order valence-electron chi connectivity index (χ2n) is 2.90. The lowest BCUT2D eigenvalue weighted by Crippen LogP contribution is -1.89. The smallest absolute Gasteiger partial charge is 0.139 e. The van der Waals surface area contributed by atoms with E-state index in [1.807, 2.05) is 46.2 Å². The molecule has 70 valence electrons. The summed E-state index contributed by atoms with van der Waals surface area (Å²) < 4.78 is 4.76. The molecule has 0 spiro atoms. The van der Waals surface area contributed by atoms with Gasteiger partial charge in [-0.3, -0.25) is 4.40 Å². The van der Waals surface area contributed by atoms with Crippen molar-refractivity contribution in [3.63, 3.8) is 0 Å². The van der Waals surface area contributed by atoms with E-state index in [0.717, 1.165) is 21.9 Å². The molecule has 2 heterocycles. The number of imidazole rings is 1. The van der Waals surface area contributed by atoms with E-state index in [4.69, 9.17) is 11.6 Å². The molecule has 14 heavy (non-hydrogen) atoms. The number of aryl methyl sites for hydroxylation is 1. The number of fused-ring (bicyclic) bond motifs is 1. The number of nitrogens with zero attached hydrogens (tertiary/aromatic N) is 2. The van der Waals surface area contributed by atoms with E-state index in [1.54, 1.807) is 6.20 Å². The van der Waals surface area contributed by atoms with Gasteiger partial charge in [-0.1, -0.05) is 11.6 Å². The average Bonchev–Trinajstić information content (AvgIpc) is 2.51. The van der Waals surface area contributed by atoms with Crippen LogP contribution in [0.4, 0.5) is 0 Å². The highest BCUT2D eigenvalue weighted by Gasteiger charge is 2.03. The lowest BCUT2D eigenvalue weighted by atomic mass is 10.3. The van der Waals surface area contributed by atoms with Gasteiger partial charge in [0.05, 0.1) is 6.20 Å². The van der Waals surface area contributed by atoms with Gasteiger partial charge in [0.2, 0.25) is 0 Å². The van der Waals surface area contributed by atoms with E-state index in [9.17, 15) is 0 Å². The summed E-state index contributed by atoms with van der Waals surface area (Å²) in [6.45, 7) is 1.96. The summed E-state index contributed by atoms with van der Waals surface area (Å²) in [5, 5.41) is 0.733. The predicted octanol–water partition coefficient (Wildman–Crippen LogP) is 3.04. The minimum Gasteiger partial charge on any atom is -0.293 e.